The number of benzene rings is 1. The average molecular weight is 267 g/mol. The molecule has 106 valence electrons. The van der Waals surface area contributed by atoms with E-state index < -0.39 is 11.6 Å². The minimum absolute atomic E-state index is 0.00167. The van der Waals surface area contributed by atoms with Crippen LogP contribution in [0.5, 0.6) is 0 Å². The van der Waals surface area contributed by atoms with E-state index in [0.29, 0.717) is 17.0 Å². The van der Waals surface area contributed by atoms with Gasteiger partial charge in [-0.2, -0.15) is 0 Å². The predicted molar refractivity (Wildman–Crippen MR) is 74.1 cm³/mol. The van der Waals surface area contributed by atoms with Crippen LogP contribution in [0.3, 0.4) is 0 Å². The zero-order valence-electron chi connectivity index (χ0n) is 12.0. The third-order valence-corrected chi connectivity index (χ3v) is 4.00. The van der Waals surface area contributed by atoms with Crippen LogP contribution in [-0.4, -0.2) is 6.04 Å². The third-order valence-electron chi connectivity index (χ3n) is 4.00. The van der Waals surface area contributed by atoms with Crippen LogP contribution in [0.1, 0.15) is 56.7 Å². The van der Waals surface area contributed by atoms with Crippen molar-refractivity contribution in [1.29, 1.82) is 0 Å². The zero-order valence-corrected chi connectivity index (χ0v) is 12.0. The molecule has 1 aliphatic rings. The summed E-state index contributed by atoms with van der Waals surface area (Å²) in [7, 11) is 0. The lowest BCUT2D eigenvalue weighted by Crippen LogP contribution is -2.33. The fraction of sp³-hybridized carbons (Fsp3) is 0.625. The molecule has 0 amide bonds. The van der Waals surface area contributed by atoms with E-state index >= 15 is 0 Å². The van der Waals surface area contributed by atoms with Gasteiger partial charge in [-0.1, -0.05) is 26.7 Å². The highest BCUT2D eigenvalue weighted by Gasteiger charge is 2.29. The molecule has 1 fully saturated rings. The second kappa shape index (κ2) is 6.00. The minimum Gasteiger partial charge on any atom is -0.307 e. The number of rotatable bonds is 4. The molecular formula is C16H23F2N. The van der Waals surface area contributed by atoms with E-state index in [2.05, 4.69) is 19.2 Å². The maximum Gasteiger partial charge on any atom is 0.130 e. The Kier molecular flexibility index (Phi) is 4.56. The molecule has 3 heteroatoms. The van der Waals surface area contributed by atoms with Gasteiger partial charge in [-0.3, -0.25) is 0 Å². The van der Waals surface area contributed by atoms with E-state index in [1.807, 2.05) is 0 Å². The van der Waals surface area contributed by atoms with Crippen molar-refractivity contribution in [2.75, 3.05) is 0 Å². The summed E-state index contributed by atoms with van der Waals surface area (Å²) in [5.41, 5.74) is 1.14. The first-order valence-corrected chi connectivity index (χ1v) is 7.20. The molecule has 1 unspecified atom stereocenters. The van der Waals surface area contributed by atoms with E-state index in [0.717, 1.165) is 18.9 Å². The first kappa shape index (κ1) is 14.4. The van der Waals surface area contributed by atoms with E-state index in [-0.39, 0.29) is 12.1 Å². The van der Waals surface area contributed by atoms with Gasteiger partial charge in [-0.05, 0) is 37.3 Å². The van der Waals surface area contributed by atoms with Crippen molar-refractivity contribution in [2.45, 2.75) is 58.5 Å². The Bertz CT molecular complexity index is 437. The summed E-state index contributed by atoms with van der Waals surface area (Å²) in [5, 5.41) is 3.46. The van der Waals surface area contributed by atoms with E-state index in [1.54, 1.807) is 13.0 Å². The SMILES string of the molecule is Cc1cc(C(NC(C)C)C2CCCC2)c(F)cc1F. The van der Waals surface area contributed by atoms with Crippen LogP contribution >= 0.6 is 0 Å². The van der Waals surface area contributed by atoms with Crippen molar-refractivity contribution in [3.8, 4) is 0 Å². The molecule has 1 saturated carbocycles. The summed E-state index contributed by atoms with van der Waals surface area (Å²) in [4.78, 5) is 0. The molecule has 19 heavy (non-hydrogen) atoms. The van der Waals surface area contributed by atoms with Gasteiger partial charge >= 0.3 is 0 Å². The number of hydrogen-bond donors (Lipinski definition) is 1. The fourth-order valence-electron chi connectivity index (χ4n) is 3.05. The molecule has 0 radical (unpaired) electrons. The van der Waals surface area contributed by atoms with Crippen LogP contribution in [0.2, 0.25) is 0 Å². The van der Waals surface area contributed by atoms with Crippen molar-refractivity contribution < 1.29 is 8.78 Å². The standard InChI is InChI=1S/C16H23F2N/c1-10(2)19-16(12-6-4-5-7-12)13-8-11(3)14(17)9-15(13)18/h8-10,12,16,19H,4-7H2,1-3H3. The summed E-state index contributed by atoms with van der Waals surface area (Å²) in [6.45, 7) is 5.83. The van der Waals surface area contributed by atoms with Crippen molar-refractivity contribution >= 4 is 0 Å². The van der Waals surface area contributed by atoms with Crippen LogP contribution in [0.25, 0.3) is 0 Å². The third kappa shape index (κ3) is 3.33. The maximum absolute atomic E-state index is 14.1. The Balaban J connectivity index is 2.33. The second-order valence-electron chi connectivity index (χ2n) is 5.97. The second-order valence-corrected chi connectivity index (χ2v) is 5.97. The summed E-state index contributed by atoms with van der Waals surface area (Å²) >= 11 is 0. The number of aryl methyl sites for hydroxylation is 1. The van der Waals surface area contributed by atoms with Gasteiger partial charge in [0.05, 0.1) is 0 Å². The van der Waals surface area contributed by atoms with Gasteiger partial charge in [0.1, 0.15) is 11.6 Å². The quantitative estimate of drug-likeness (QED) is 0.846. The zero-order chi connectivity index (χ0) is 14.0. The highest BCUT2D eigenvalue weighted by atomic mass is 19.1. The monoisotopic (exact) mass is 267 g/mol. The van der Waals surface area contributed by atoms with Crippen molar-refractivity contribution in [1.82, 2.24) is 5.32 Å². The molecule has 0 saturated heterocycles. The average Bonchev–Trinajstić information content (AvgIpc) is 2.84. The molecule has 1 N–H and O–H groups in total. The molecule has 0 spiro atoms. The van der Waals surface area contributed by atoms with Crippen LogP contribution in [0.15, 0.2) is 12.1 Å². The molecule has 1 aromatic carbocycles. The van der Waals surface area contributed by atoms with Crippen LogP contribution < -0.4 is 5.32 Å². The molecule has 1 nitrogen and oxygen atoms in total. The highest BCUT2D eigenvalue weighted by Crippen LogP contribution is 2.37. The number of nitrogens with one attached hydrogen (secondary N) is 1. The molecular weight excluding hydrogens is 244 g/mol. The Morgan fingerprint density at radius 3 is 2.32 bits per heavy atom. The Labute approximate surface area is 114 Å². The summed E-state index contributed by atoms with van der Waals surface area (Å²) in [6, 6.07) is 2.98. The van der Waals surface area contributed by atoms with Crippen LogP contribution in [-0.2, 0) is 0 Å². The van der Waals surface area contributed by atoms with Crippen molar-refractivity contribution in [2.24, 2.45) is 5.92 Å². The first-order chi connectivity index (χ1) is 8.99. The Hall–Kier alpha value is -0.960. The highest BCUT2D eigenvalue weighted by molar-refractivity contribution is 5.29. The van der Waals surface area contributed by atoms with Gasteiger partial charge < -0.3 is 5.32 Å². The van der Waals surface area contributed by atoms with Gasteiger partial charge in [0.25, 0.3) is 0 Å². The molecule has 0 aliphatic heterocycles. The molecule has 2 rings (SSSR count). The van der Waals surface area contributed by atoms with Crippen molar-refractivity contribution in [3.63, 3.8) is 0 Å². The molecule has 0 bridgehead atoms. The minimum atomic E-state index is -0.462. The molecule has 1 aromatic rings. The summed E-state index contributed by atoms with van der Waals surface area (Å²) in [6.07, 6.45) is 4.67. The van der Waals surface area contributed by atoms with E-state index in [9.17, 15) is 8.78 Å². The van der Waals surface area contributed by atoms with Gasteiger partial charge in [0.2, 0.25) is 0 Å². The molecule has 0 aromatic heterocycles. The Morgan fingerprint density at radius 2 is 1.74 bits per heavy atom. The van der Waals surface area contributed by atoms with Gasteiger partial charge in [0.15, 0.2) is 0 Å². The molecule has 1 atom stereocenters. The normalized spacial score (nSPS) is 18.2. The van der Waals surface area contributed by atoms with Crippen molar-refractivity contribution in [3.05, 3.63) is 34.9 Å². The lowest BCUT2D eigenvalue weighted by atomic mass is 9.90. The largest absolute Gasteiger partial charge is 0.307 e. The summed E-state index contributed by atoms with van der Waals surface area (Å²) in [5.74, 6) is -0.425. The van der Waals surface area contributed by atoms with Gasteiger partial charge in [-0.25, -0.2) is 8.78 Å². The molecule has 1 aliphatic carbocycles. The number of halogens is 2. The molecule has 0 heterocycles. The Morgan fingerprint density at radius 1 is 1.11 bits per heavy atom. The smallest absolute Gasteiger partial charge is 0.130 e. The van der Waals surface area contributed by atoms with Crippen LogP contribution in [0.4, 0.5) is 8.78 Å². The van der Waals surface area contributed by atoms with Crippen LogP contribution in [0, 0.1) is 24.5 Å². The fourth-order valence-corrected chi connectivity index (χ4v) is 3.05. The van der Waals surface area contributed by atoms with Gasteiger partial charge in [-0.15, -0.1) is 0 Å². The predicted octanol–water partition coefficient (Wildman–Crippen LogP) is 4.50. The lowest BCUT2D eigenvalue weighted by molar-refractivity contribution is 0.334. The summed E-state index contributed by atoms with van der Waals surface area (Å²) < 4.78 is 27.5. The van der Waals surface area contributed by atoms with E-state index in [1.165, 1.54) is 12.8 Å². The maximum atomic E-state index is 14.1. The van der Waals surface area contributed by atoms with E-state index in [4.69, 9.17) is 0 Å². The topological polar surface area (TPSA) is 12.0 Å². The number of hydrogen-bond acceptors (Lipinski definition) is 1. The first-order valence-electron chi connectivity index (χ1n) is 7.20. The lowest BCUT2D eigenvalue weighted by Gasteiger charge is -2.28. The van der Waals surface area contributed by atoms with Gasteiger partial charge in [0, 0.05) is 23.7 Å².